The lowest BCUT2D eigenvalue weighted by atomic mass is 9.92. The van der Waals surface area contributed by atoms with Gasteiger partial charge in [-0.1, -0.05) is 75.0 Å². The van der Waals surface area contributed by atoms with Gasteiger partial charge in [-0.05, 0) is 35.4 Å². The summed E-state index contributed by atoms with van der Waals surface area (Å²) in [6, 6.07) is 15.3. The lowest BCUT2D eigenvalue weighted by molar-refractivity contribution is 0.414. The predicted molar refractivity (Wildman–Crippen MR) is 89.3 cm³/mol. The van der Waals surface area contributed by atoms with E-state index in [1.807, 2.05) is 48.5 Å². The second-order valence-electron chi connectivity index (χ2n) is 4.30. The van der Waals surface area contributed by atoms with Gasteiger partial charge in [-0.15, -0.1) is 0 Å². The Hall–Kier alpha value is -0.410. The van der Waals surface area contributed by atoms with E-state index in [2.05, 4.69) is 15.9 Å². The van der Waals surface area contributed by atoms with E-state index in [-0.39, 0.29) is 5.92 Å². The highest BCUT2D eigenvalue weighted by molar-refractivity contribution is 9.10. The molecule has 2 aromatic carbocycles. The minimum atomic E-state index is -1.43. The van der Waals surface area contributed by atoms with E-state index in [1.165, 1.54) is 0 Å². The second kappa shape index (κ2) is 6.57. The maximum Gasteiger partial charge on any atom is 0.201 e. The van der Waals surface area contributed by atoms with E-state index < -0.39 is 3.79 Å². The maximum absolute atomic E-state index is 6.17. The summed E-state index contributed by atoms with van der Waals surface area (Å²) in [4.78, 5) is 0. The molecule has 0 aromatic heterocycles. The highest BCUT2D eigenvalue weighted by Gasteiger charge is 2.35. The van der Waals surface area contributed by atoms with Gasteiger partial charge >= 0.3 is 0 Å². The minimum Gasteiger partial charge on any atom is -0.497 e. The molecule has 1 atom stereocenters. The highest BCUT2D eigenvalue weighted by atomic mass is 79.9. The van der Waals surface area contributed by atoms with Crippen LogP contribution in [0.2, 0.25) is 0 Å². The smallest absolute Gasteiger partial charge is 0.201 e. The molecule has 0 spiro atoms. The Balaban J connectivity index is 2.44. The van der Waals surface area contributed by atoms with Gasteiger partial charge < -0.3 is 4.74 Å². The molecule has 5 heteroatoms. The van der Waals surface area contributed by atoms with Crippen molar-refractivity contribution < 1.29 is 4.74 Å². The van der Waals surface area contributed by atoms with Gasteiger partial charge in [-0.25, -0.2) is 0 Å². The van der Waals surface area contributed by atoms with E-state index in [0.29, 0.717) is 0 Å². The van der Waals surface area contributed by atoms with Crippen molar-refractivity contribution in [3.05, 3.63) is 64.1 Å². The van der Waals surface area contributed by atoms with Crippen LogP contribution in [0.25, 0.3) is 0 Å². The van der Waals surface area contributed by atoms with Crippen LogP contribution in [0.15, 0.2) is 53.0 Å². The zero-order chi connectivity index (χ0) is 14.8. The Bertz CT molecular complexity index is 561. The average Bonchev–Trinajstić information content (AvgIpc) is 2.41. The van der Waals surface area contributed by atoms with E-state index in [9.17, 15) is 0 Å². The van der Waals surface area contributed by atoms with Gasteiger partial charge in [0.05, 0.1) is 13.0 Å². The molecule has 0 radical (unpaired) electrons. The van der Waals surface area contributed by atoms with Crippen molar-refractivity contribution in [1.82, 2.24) is 0 Å². The van der Waals surface area contributed by atoms with Gasteiger partial charge in [-0.2, -0.15) is 0 Å². The molecule has 0 saturated heterocycles. The number of benzene rings is 2. The molecule has 0 heterocycles. The van der Waals surface area contributed by atoms with E-state index in [4.69, 9.17) is 39.5 Å². The van der Waals surface area contributed by atoms with Crippen LogP contribution in [-0.2, 0) is 0 Å². The van der Waals surface area contributed by atoms with Crippen LogP contribution < -0.4 is 4.74 Å². The summed E-state index contributed by atoms with van der Waals surface area (Å²) in [6.07, 6.45) is 0. The van der Waals surface area contributed by atoms with Gasteiger partial charge in [0.25, 0.3) is 0 Å². The standard InChI is InChI=1S/C15H12BrCl3O/c1-20-13-8-4-11(5-9-13)14(15(17,18)19)10-2-6-12(16)7-3-10/h2-9,14H,1H3/t14-/m1/s1. The first kappa shape index (κ1) is 16.0. The highest BCUT2D eigenvalue weighted by Crippen LogP contribution is 2.46. The number of hydrogen-bond donors (Lipinski definition) is 0. The molecule has 0 unspecified atom stereocenters. The zero-order valence-corrected chi connectivity index (χ0v) is 14.5. The molecule has 2 aromatic rings. The first-order valence-electron chi connectivity index (χ1n) is 5.88. The molecule has 0 N–H and O–H groups in total. The average molecular weight is 395 g/mol. The number of hydrogen-bond acceptors (Lipinski definition) is 1. The third-order valence-corrected chi connectivity index (χ3v) is 4.16. The second-order valence-corrected chi connectivity index (χ2v) is 7.58. The summed E-state index contributed by atoms with van der Waals surface area (Å²) in [5.41, 5.74) is 1.87. The van der Waals surface area contributed by atoms with Crippen molar-refractivity contribution in [3.63, 3.8) is 0 Å². The molecule has 106 valence electrons. The molecular formula is C15H12BrCl3O. The van der Waals surface area contributed by atoms with E-state index >= 15 is 0 Å². The fraction of sp³-hybridized carbons (Fsp3) is 0.200. The largest absolute Gasteiger partial charge is 0.497 e. The fourth-order valence-electron chi connectivity index (χ4n) is 2.02. The molecule has 0 fully saturated rings. The van der Waals surface area contributed by atoms with Crippen molar-refractivity contribution in [2.45, 2.75) is 9.71 Å². The lowest BCUT2D eigenvalue weighted by Crippen LogP contribution is -2.18. The molecule has 0 bridgehead atoms. The monoisotopic (exact) mass is 392 g/mol. The molecule has 0 aliphatic carbocycles. The zero-order valence-electron chi connectivity index (χ0n) is 10.6. The predicted octanol–water partition coefficient (Wildman–Crippen LogP) is 5.96. The van der Waals surface area contributed by atoms with Crippen LogP contribution in [0.4, 0.5) is 0 Å². The van der Waals surface area contributed by atoms with Gasteiger partial charge in [0.1, 0.15) is 5.75 Å². The van der Waals surface area contributed by atoms with Gasteiger partial charge in [0, 0.05) is 4.47 Å². The van der Waals surface area contributed by atoms with Crippen LogP contribution in [0.5, 0.6) is 5.75 Å². The van der Waals surface area contributed by atoms with Crippen LogP contribution in [-0.4, -0.2) is 10.9 Å². The summed E-state index contributed by atoms with van der Waals surface area (Å²) >= 11 is 21.9. The molecule has 0 amide bonds. The summed E-state index contributed by atoms with van der Waals surface area (Å²) in [6.45, 7) is 0. The van der Waals surface area contributed by atoms with Crippen molar-refractivity contribution in [3.8, 4) is 5.75 Å². The molecular weight excluding hydrogens is 382 g/mol. The summed E-state index contributed by atoms with van der Waals surface area (Å²) in [7, 11) is 1.62. The summed E-state index contributed by atoms with van der Waals surface area (Å²) in [5, 5.41) is 0. The first-order chi connectivity index (χ1) is 9.41. The Morgan fingerprint density at radius 1 is 0.900 bits per heavy atom. The molecule has 2 rings (SSSR count). The normalized spacial score (nSPS) is 13.1. The van der Waals surface area contributed by atoms with Crippen LogP contribution in [0.1, 0.15) is 17.0 Å². The van der Waals surface area contributed by atoms with Crippen LogP contribution in [0, 0.1) is 0 Å². The quantitative estimate of drug-likeness (QED) is 0.584. The Morgan fingerprint density at radius 3 is 1.75 bits per heavy atom. The topological polar surface area (TPSA) is 9.23 Å². The Kier molecular flexibility index (Phi) is 5.25. The van der Waals surface area contributed by atoms with Crippen molar-refractivity contribution in [2.24, 2.45) is 0 Å². The third-order valence-electron chi connectivity index (χ3n) is 2.98. The van der Waals surface area contributed by atoms with E-state index in [1.54, 1.807) is 7.11 Å². The fourth-order valence-corrected chi connectivity index (χ4v) is 3.04. The minimum absolute atomic E-state index is 0.341. The van der Waals surface area contributed by atoms with Crippen molar-refractivity contribution >= 4 is 50.7 Å². The van der Waals surface area contributed by atoms with Crippen LogP contribution >= 0.6 is 50.7 Å². The Labute approximate surface area is 141 Å². The number of methoxy groups -OCH3 is 1. The van der Waals surface area contributed by atoms with Gasteiger partial charge in [0.15, 0.2) is 0 Å². The SMILES string of the molecule is COc1ccc([C@@H](c2ccc(Br)cc2)C(Cl)(Cl)Cl)cc1. The van der Waals surface area contributed by atoms with Crippen LogP contribution in [0.3, 0.4) is 0 Å². The third kappa shape index (κ3) is 3.82. The summed E-state index contributed by atoms with van der Waals surface area (Å²) < 4.78 is 4.71. The summed E-state index contributed by atoms with van der Waals surface area (Å²) in [5.74, 6) is 0.430. The molecule has 1 nitrogen and oxygen atoms in total. The van der Waals surface area contributed by atoms with Crippen molar-refractivity contribution in [1.29, 1.82) is 0 Å². The van der Waals surface area contributed by atoms with E-state index in [0.717, 1.165) is 21.3 Å². The molecule has 0 aliphatic rings. The number of alkyl halides is 3. The van der Waals surface area contributed by atoms with Gasteiger partial charge in [0.2, 0.25) is 3.79 Å². The Morgan fingerprint density at radius 2 is 1.35 bits per heavy atom. The molecule has 0 saturated carbocycles. The molecule has 0 aliphatic heterocycles. The number of rotatable bonds is 3. The molecule has 20 heavy (non-hydrogen) atoms. The number of halogens is 4. The van der Waals surface area contributed by atoms with Gasteiger partial charge in [-0.3, -0.25) is 0 Å². The maximum atomic E-state index is 6.17. The first-order valence-corrected chi connectivity index (χ1v) is 7.80. The number of ether oxygens (including phenoxy) is 1. The van der Waals surface area contributed by atoms with Crippen molar-refractivity contribution in [2.75, 3.05) is 7.11 Å². The lowest BCUT2D eigenvalue weighted by Gasteiger charge is -2.25.